The summed E-state index contributed by atoms with van der Waals surface area (Å²) in [6.45, 7) is 5.35. The van der Waals surface area contributed by atoms with Gasteiger partial charge < -0.3 is 15.7 Å². The SMILES string of the molecule is C=CCNC(=O)NCC#Cc1ccc([C@H]2C[C@@]3(C)[C@@H](CC[C@@]3(O)C(F)(F)C(F)(F)F)[C@@H]3CCC4=CC(=O)CCC4=C32)cc1. The van der Waals surface area contributed by atoms with Crippen molar-refractivity contribution in [1.29, 1.82) is 0 Å². The fraction of sp³-hybridized carbons (Fsp3) is 0.515. The smallest absolute Gasteiger partial charge is 0.383 e. The monoisotopic (exact) mass is 602 g/mol. The van der Waals surface area contributed by atoms with Gasteiger partial charge in [-0.05, 0) is 85.3 Å². The van der Waals surface area contributed by atoms with Crippen molar-refractivity contribution in [3.63, 3.8) is 0 Å². The van der Waals surface area contributed by atoms with Crippen molar-refractivity contribution in [2.75, 3.05) is 13.1 Å². The summed E-state index contributed by atoms with van der Waals surface area (Å²) in [5, 5.41) is 16.6. The molecule has 2 fully saturated rings. The molecule has 5 atom stereocenters. The molecule has 0 spiro atoms. The number of carbonyl (C=O) groups is 2. The highest BCUT2D eigenvalue weighted by molar-refractivity contribution is 5.93. The minimum absolute atomic E-state index is 0.0330. The summed E-state index contributed by atoms with van der Waals surface area (Å²) in [5.74, 6) is -0.774. The second-order valence-electron chi connectivity index (χ2n) is 12.2. The van der Waals surface area contributed by atoms with E-state index < -0.39 is 41.4 Å². The van der Waals surface area contributed by atoms with Gasteiger partial charge in [-0.3, -0.25) is 4.79 Å². The predicted octanol–water partition coefficient (Wildman–Crippen LogP) is 6.35. The summed E-state index contributed by atoms with van der Waals surface area (Å²) in [6.07, 6.45) is -1.42. The highest BCUT2D eigenvalue weighted by atomic mass is 19.4. The molecule has 0 bridgehead atoms. The Balaban J connectivity index is 1.51. The average molecular weight is 603 g/mol. The third-order valence-electron chi connectivity index (χ3n) is 10.1. The molecule has 0 saturated heterocycles. The van der Waals surface area contributed by atoms with Gasteiger partial charge in [0.2, 0.25) is 0 Å². The van der Waals surface area contributed by atoms with E-state index in [0.29, 0.717) is 37.8 Å². The standard InChI is InChI=1S/C33H35F5N2O3/c1-3-16-39-29(42)40-17-4-5-20-6-8-21(9-7-20)26-19-30(2)27(14-15-31(30,43)32(34,35)33(36,37)38)25-12-10-22-18-23(41)11-13-24(22)28(25)26/h3,6-9,18,25-27,43H,1,10-17,19H2,2H3,(H2,39,40,42)/t25-,26+,27-,30-,31-/m0/s1. The first-order valence-corrected chi connectivity index (χ1v) is 14.6. The summed E-state index contributed by atoms with van der Waals surface area (Å²) >= 11 is 0. The van der Waals surface area contributed by atoms with Crippen LogP contribution in [-0.2, 0) is 4.79 Å². The molecule has 0 aliphatic heterocycles. The molecule has 3 N–H and O–H groups in total. The molecule has 43 heavy (non-hydrogen) atoms. The lowest BCUT2D eigenvalue weighted by Crippen LogP contribution is -2.65. The van der Waals surface area contributed by atoms with Crippen molar-refractivity contribution >= 4 is 11.8 Å². The topological polar surface area (TPSA) is 78.4 Å². The van der Waals surface area contributed by atoms with Crippen LogP contribution < -0.4 is 10.6 Å². The molecule has 1 aromatic rings. The van der Waals surface area contributed by atoms with Gasteiger partial charge in [-0.15, -0.1) is 6.58 Å². The van der Waals surface area contributed by atoms with E-state index in [2.05, 4.69) is 29.1 Å². The molecule has 2 amide bonds. The van der Waals surface area contributed by atoms with Crippen molar-refractivity contribution < 1.29 is 36.6 Å². The highest BCUT2D eigenvalue weighted by Crippen LogP contribution is 2.70. The van der Waals surface area contributed by atoms with Crippen LogP contribution in [0.15, 0.2) is 59.7 Å². The van der Waals surface area contributed by atoms with E-state index in [1.807, 2.05) is 0 Å². The normalized spacial score (nSPS) is 30.3. The first-order chi connectivity index (χ1) is 20.2. The van der Waals surface area contributed by atoms with Crippen molar-refractivity contribution in [2.24, 2.45) is 17.3 Å². The fourth-order valence-electron chi connectivity index (χ4n) is 8.01. The number of benzene rings is 1. The van der Waals surface area contributed by atoms with Gasteiger partial charge in [0.15, 0.2) is 5.78 Å². The van der Waals surface area contributed by atoms with E-state index in [1.165, 1.54) is 6.92 Å². The number of fused-ring (bicyclic) bond motifs is 4. The van der Waals surface area contributed by atoms with Crippen LogP contribution in [-0.4, -0.2) is 47.7 Å². The molecule has 10 heteroatoms. The van der Waals surface area contributed by atoms with Crippen LogP contribution in [0.2, 0.25) is 0 Å². The average Bonchev–Trinajstić information content (AvgIpc) is 3.24. The van der Waals surface area contributed by atoms with Crippen LogP contribution in [0.25, 0.3) is 0 Å². The number of nitrogens with one attached hydrogen (secondary N) is 2. The number of carbonyl (C=O) groups excluding carboxylic acids is 2. The van der Waals surface area contributed by atoms with Crippen LogP contribution in [0.4, 0.5) is 26.7 Å². The molecule has 4 aliphatic carbocycles. The third kappa shape index (κ3) is 5.20. The van der Waals surface area contributed by atoms with Gasteiger partial charge >= 0.3 is 18.1 Å². The van der Waals surface area contributed by atoms with E-state index in [9.17, 15) is 27.9 Å². The summed E-state index contributed by atoms with van der Waals surface area (Å²) < 4.78 is 71.5. The van der Waals surface area contributed by atoms with Gasteiger partial charge in [-0.25, -0.2) is 4.79 Å². The number of halogens is 5. The van der Waals surface area contributed by atoms with E-state index >= 15 is 8.78 Å². The third-order valence-corrected chi connectivity index (χ3v) is 10.1. The Morgan fingerprint density at radius 3 is 2.51 bits per heavy atom. The quantitative estimate of drug-likeness (QED) is 0.209. The van der Waals surface area contributed by atoms with Crippen LogP contribution in [0.3, 0.4) is 0 Å². The van der Waals surface area contributed by atoms with E-state index in [-0.39, 0.29) is 37.1 Å². The second kappa shape index (κ2) is 11.2. The largest absolute Gasteiger partial charge is 0.456 e. The number of ketones is 1. The van der Waals surface area contributed by atoms with Gasteiger partial charge in [0.25, 0.3) is 0 Å². The Labute approximate surface area is 247 Å². The van der Waals surface area contributed by atoms with Gasteiger partial charge in [-0.2, -0.15) is 22.0 Å². The fourth-order valence-corrected chi connectivity index (χ4v) is 8.01. The van der Waals surface area contributed by atoms with Gasteiger partial charge in [0.05, 0.1) is 6.54 Å². The van der Waals surface area contributed by atoms with Gasteiger partial charge in [-0.1, -0.05) is 42.5 Å². The zero-order valence-electron chi connectivity index (χ0n) is 23.9. The Morgan fingerprint density at radius 1 is 1.12 bits per heavy atom. The predicted molar refractivity (Wildman–Crippen MR) is 151 cm³/mol. The van der Waals surface area contributed by atoms with E-state index in [4.69, 9.17) is 0 Å². The number of alkyl halides is 5. The molecule has 0 unspecified atom stereocenters. The van der Waals surface area contributed by atoms with Crippen LogP contribution in [0.5, 0.6) is 0 Å². The van der Waals surface area contributed by atoms with Crippen molar-refractivity contribution in [3.05, 3.63) is 70.8 Å². The van der Waals surface area contributed by atoms with E-state index in [1.54, 1.807) is 36.4 Å². The zero-order chi connectivity index (χ0) is 31.2. The Hall–Kier alpha value is -3.45. The van der Waals surface area contributed by atoms with Crippen molar-refractivity contribution in [1.82, 2.24) is 10.6 Å². The molecule has 5 nitrogen and oxygen atoms in total. The Kier molecular flexibility index (Phi) is 8.10. The lowest BCUT2D eigenvalue weighted by molar-refractivity contribution is -0.362. The number of hydrogen-bond acceptors (Lipinski definition) is 3. The minimum Gasteiger partial charge on any atom is -0.383 e. The molecule has 0 aromatic heterocycles. The summed E-state index contributed by atoms with van der Waals surface area (Å²) in [4.78, 5) is 23.9. The molecule has 4 aliphatic rings. The summed E-state index contributed by atoms with van der Waals surface area (Å²) in [6, 6.07) is 6.73. The lowest BCUT2D eigenvalue weighted by atomic mass is 9.50. The van der Waals surface area contributed by atoms with Gasteiger partial charge in [0, 0.05) is 29.9 Å². The molecule has 0 radical (unpaired) electrons. The molecule has 0 heterocycles. The number of amides is 2. The highest BCUT2D eigenvalue weighted by Gasteiger charge is 2.79. The number of rotatable bonds is 5. The maximum Gasteiger partial charge on any atom is 0.456 e. The molecule has 2 saturated carbocycles. The van der Waals surface area contributed by atoms with Crippen LogP contribution in [0, 0.1) is 29.1 Å². The van der Waals surface area contributed by atoms with Crippen molar-refractivity contribution in [2.45, 2.75) is 75.5 Å². The summed E-state index contributed by atoms with van der Waals surface area (Å²) in [7, 11) is 0. The molecular formula is C33H35F5N2O3. The van der Waals surface area contributed by atoms with Gasteiger partial charge in [0.1, 0.15) is 5.60 Å². The molecule has 1 aromatic carbocycles. The van der Waals surface area contributed by atoms with Crippen LogP contribution >= 0.6 is 0 Å². The number of hydrogen-bond donors (Lipinski definition) is 3. The van der Waals surface area contributed by atoms with Crippen molar-refractivity contribution in [3.8, 4) is 11.8 Å². The lowest BCUT2D eigenvalue weighted by Gasteiger charge is -2.56. The molecule has 230 valence electrons. The summed E-state index contributed by atoms with van der Waals surface area (Å²) in [5.41, 5.74) is -0.606. The molecule has 5 rings (SSSR count). The molecular weight excluding hydrogens is 567 g/mol. The number of aliphatic hydroxyl groups is 1. The van der Waals surface area contributed by atoms with Crippen LogP contribution in [0.1, 0.15) is 68.9 Å². The zero-order valence-corrected chi connectivity index (χ0v) is 23.9. The second-order valence-corrected chi connectivity index (χ2v) is 12.2. The maximum absolute atomic E-state index is 15.1. The van der Waals surface area contributed by atoms with E-state index in [0.717, 1.165) is 22.3 Å². The number of urea groups is 1. The number of allylic oxidation sites excluding steroid dienone is 4. The Morgan fingerprint density at radius 2 is 1.84 bits per heavy atom. The minimum atomic E-state index is -5.89. The Bertz CT molecular complexity index is 1430. The maximum atomic E-state index is 15.1. The first-order valence-electron chi connectivity index (χ1n) is 14.6. The first kappa shape index (κ1) is 31.0.